The molecule has 0 aliphatic rings. The summed E-state index contributed by atoms with van der Waals surface area (Å²) in [5, 5.41) is 1.31. The average Bonchev–Trinajstić information content (AvgIpc) is 3.19. The molecule has 0 unspecified atom stereocenters. The molecule has 2 aromatic carbocycles. The predicted octanol–water partition coefficient (Wildman–Crippen LogP) is 7.17. The fraction of sp³-hybridized carbons (Fsp3) is 0.179. The lowest BCUT2D eigenvalue weighted by molar-refractivity contribution is 0.874. The molecule has 0 fully saturated rings. The Balaban J connectivity index is 0.000000254. The number of benzene rings is 2. The lowest BCUT2D eigenvalue weighted by Gasteiger charge is -2.26. The van der Waals surface area contributed by atoms with E-state index >= 15 is 0 Å². The first-order chi connectivity index (χ1) is 15.0. The van der Waals surface area contributed by atoms with Crippen LogP contribution in [0.1, 0.15) is 30.7 Å². The third-order valence-electron chi connectivity index (χ3n) is 5.25. The van der Waals surface area contributed by atoms with E-state index < -0.39 is 0 Å². The van der Waals surface area contributed by atoms with Gasteiger partial charge >= 0.3 is 0 Å². The van der Waals surface area contributed by atoms with Crippen LogP contribution in [0.2, 0.25) is 0 Å². The van der Waals surface area contributed by atoms with Crippen molar-refractivity contribution in [3.05, 3.63) is 115 Å². The minimum absolute atomic E-state index is 0.933. The molecule has 0 aliphatic heterocycles. The van der Waals surface area contributed by atoms with E-state index in [2.05, 4.69) is 96.6 Å². The van der Waals surface area contributed by atoms with E-state index in [0.29, 0.717) is 0 Å². The molecule has 4 aromatic rings. The van der Waals surface area contributed by atoms with Crippen molar-refractivity contribution in [2.45, 2.75) is 27.2 Å². The molecule has 3 heteroatoms. The van der Waals surface area contributed by atoms with Crippen molar-refractivity contribution in [3.63, 3.8) is 0 Å². The maximum absolute atomic E-state index is 4.15. The number of nitrogens with zero attached hydrogens (tertiary/aromatic N) is 2. The zero-order chi connectivity index (χ0) is 22.2. The summed E-state index contributed by atoms with van der Waals surface area (Å²) in [5.41, 5.74) is 8.15. The molecule has 0 spiro atoms. The Bertz CT molecular complexity index is 1160. The molecule has 1 N–H and O–H groups in total. The molecule has 2 heterocycles. The Morgan fingerprint density at radius 1 is 0.935 bits per heavy atom. The Kier molecular flexibility index (Phi) is 7.45. The van der Waals surface area contributed by atoms with E-state index in [1.54, 1.807) is 6.20 Å². The van der Waals surface area contributed by atoms with E-state index in [0.717, 1.165) is 29.9 Å². The first kappa shape index (κ1) is 22.1. The molecule has 0 atom stereocenters. The lowest BCUT2D eigenvalue weighted by atomic mass is 10.1. The van der Waals surface area contributed by atoms with Gasteiger partial charge in [0.05, 0.1) is 5.69 Å². The van der Waals surface area contributed by atoms with Crippen LogP contribution in [0, 0.1) is 6.92 Å². The van der Waals surface area contributed by atoms with Gasteiger partial charge in [-0.25, -0.2) is 0 Å². The molecule has 0 bridgehead atoms. The van der Waals surface area contributed by atoms with Gasteiger partial charge in [-0.3, -0.25) is 4.98 Å². The van der Waals surface area contributed by atoms with Crippen LogP contribution >= 0.6 is 0 Å². The summed E-state index contributed by atoms with van der Waals surface area (Å²) >= 11 is 0. The minimum Gasteiger partial charge on any atom is -0.361 e. The molecule has 158 valence electrons. The summed E-state index contributed by atoms with van der Waals surface area (Å²) in [6, 6.07) is 22.7. The zero-order valence-corrected chi connectivity index (χ0v) is 18.7. The summed E-state index contributed by atoms with van der Waals surface area (Å²) < 4.78 is 0. The lowest BCUT2D eigenvalue weighted by Crippen LogP contribution is -2.23. The van der Waals surface area contributed by atoms with Crippen molar-refractivity contribution in [1.82, 2.24) is 9.97 Å². The first-order valence-corrected chi connectivity index (χ1v) is 10.6. The van der Waals surface area contributed by atoms with Gasteiger partial charge in [-0.2, -0.15) is 0 Å². The quantitative estimate of drug-likeness (QED) is 0.366. The molecule has 0 amide bonds. The molecular formula is C28H31N3. The predicted molar refractivity (Wildman–Crippen MR) is 134 cm³/mol. The molecule has 0 saturated carbocycles. The smallest absolute Gasteiger partial charge is 0.0652 e. The van der Waals surface area contributed by atoms with Crippen LogP contribution in [0.25, 0.3) is 16.5 Å². The number of allylic oxidation sites excluding steroid dienone is 2. The number of H-pyrrole nitrogens is 1. The summed E-state index contributed by atoms with van der Waals surface area (Å²) in [7, 11) is 0. The molecular weight excluding hydrogens is 378 g/mol. The van der Waals surface area contributed by atoms with E-state index in [-0.39, 0.29) is 0 Å². The van der Waals surface area contributed by atoms with E-state index in [1.165, 1.54) is 27.7 Å². The van der Waals surface area contributed by atoms with Gasteiger partial charge in [-0.15, -0.1) is 0 Å². The molecule has 0 saturated heterocycles. The number of rotatable bonds is 6. The van der Waals surface area contributed by atoms with Crippen LogP contribution in [-0.2, 0) is 6.42 Å². The Hall–Kier alpha value is -3.59. The zero-order valence-electron chi connectivity index (χ0n) is 18.7. The maximum Gasteiger partial charge on any atom is 0.0652 e. The van der Waals surface area contributed by atoms with Crippen molar-refractivity contribution in [3.8, 4) is 0 Å². The Morgan fingerprint density at radius 3 is 2.29 bits per heavy atom. The SMILES string of the molecule is C=C(C)N(CCc1c[nH]c2ccccc12)c1ccccc1C.C=C(C)c1ccccn1. The highest BCUT2D eigenvalue weighted by Gasteiger charge is 2.11. The number of aryl methyl sites for hydroxylation is 1. The minimum atomic E-state index is 0.933. The normalized spacial score (nSPS) is 10.3. The number of hydrogen-bond donors (Lipinski definition) is 1. The van der Waals surface area contributed by atoms with Gasteiger partial charge in [0.1, 0.15) is 0 Å². The fourth-order valence-electron chi connectivity index (χ4n) is 3.57. The Labute approximate surface area is 185 Å². The van der Waals surface area contributed by atoms with Crippen LogP contribution in [0.3, 0.4) is 0 Å². The van der Waals surface area contributed by atoms with Gasteiger partial charge < -0.3 is 9.88 Å². The molecule has 0 radical (unpaired) electrons. The van der Waals surface area contributed by atoms with Gasteiger partial charge in [0.2, 0.25) is 0 Å². The maximum atomic E-state index is 4.15. The third-order valence-corrected chi connectivity index (χ3v) is 5.25. The van der Waals surface area contributed by atoms with E-state index in [1.807, 2.05) is 25.1 Å². The second-order valence-electron chi connectivity index (χ2n) is 7.78. The number of aromatic nitrogens is 2. The second kappa shape index (κ2) is 10.4. The summed E-state index contributed by atoms with van der Waals surface area (Å²) in [4.78, 5) is 9.73. The molecule has 3 nitrogen and oxygen atoms in total. The summed E-state index contributed by atoms with van der Waals surface area (Å²) in [6.45, 7) is 15.0. The molecule has 31 heavy (non-hydrogen) atoms. The van der Waals surface area contributed by atoms with Crippen LogP contribution in [-0.4, -0.2) is 16.5 Å². The van der Waals surface area contributed by atoms with Gasteiger partial charge in [-0.1, -0.05) is 55.6 Å². The van der Waals surface area contributed by atoms with Gasteiger partial charge in [0, 0.05) is 41.2 Å². The topological polar surface area (TPSA) is 31.9 Å². The van der Waals surface area contributed by atoms with Crippen molar-refractivity contribution < 1.29 is 0 Å². The van der Waals surface area contributed by atoms with Crippen LogP contribution in [0.4, 0.5) is 5.69 Å². The monoisotopic (exact) mass is 409 g/mol. The van der Waals surface area contributed by atoms with Gasteiger partial charge in [0.15, 0.2) is 0 Å². The largest absolute Gasteiger partial charge is 0.361 e. The molecule has 2 aromatic heterocycles. The van der Waals surface area contributed by atoms with Crippen molar-refractivity contribution in [2.24, 2.45) is 0 Å². The number of para-hydroxylation sites is 2. The molecule has 0 aliphatic carbocycles. The highest BCUT2D eigenvalue weighted by molar-refractivity contribution is 5.83. The van der Waals surface area contributed by atoms with Crippen LogP contribution in [0.5, 0.6) is 0 Å². The number of aromatic amines is 1. The van der Waals surface area contributed by atoms with Crippen molar-refractivity contribution in [2.75, 3.05) is 11.4 Å². The summed E-state index contributed by atoms with van der Waals surface area (Å²) in [5.74, 6) is 0. The van der Waals surface area contributed by atoms with Crippen molar-refractivity contribution >= 4 is 22.2 Å². The van der Waals surface area contributed by atoms with E-state index in [9.17, 15) is 0 Å². The number of hydrogen-bond acceptors (Lipinski definition) is 2. The Morgan fingerprint density at radius 2 is 1.65 bits per heavy atom. The highest BCUT2D eigenvalue weighted by atomic mass is 15.1. The van der Waals surface area contributed by atoms with Crippen LogP contribution < -0.4 is 4.90 Å². The third kappa shape index (κ3) is 5.73. The molecule has 4 rings (SSSR count). The number of anilines is 1. The first-order valence-electron chi connectivity index (χ1n) is 10.6. The van der Waals surface area contributed by atoms with Gasteiger partial charge in [0.25, 0.3) is 0 Å². The van der Waals surface area contributed by atoms with Gasteiger partial charge in [-0.05, 0) is 68.2 Å². The van der Waals surface area contributed by atoms with Crippen molar-refractivity contribution in [1.29, 1.82) is 0 Å². The number of fused-ring (bicyclic) bond motifs is 1. The number of nitrogens with one attached hydrogen (secondary N) is 1. The summed E-state index contributed by atoms with van der Waals surface area (Å²) in [6.07, 6.45) is 4.88. The highest BCUT2D eigenvalue weighted by Crippen LogP contribution is 2.24. The average molecular weight is 410 g/mol. The number of pyridine rings is 1. The fourth-order valence-corrected chi connectivity index (χ4v) is 3.57. The second-order valence-corrected chi connectivity index (χ2v) is 7.78. The van der Waals surface area contributed by atoms with E-state index in [4.69, 9.17) is 0 Å². The standard InChI is InChI=1S/C20H22N2.C8H9N/c1-15(2)22(20-11-7-4-8-16(20)3)13-12-17-14-21-19-10-6-5-9-18(17)19;1-7(2)8-5-3-4-6-9-8/h4-11,14,21H,1,12-13H2,2-3H3;3-6H,1H2,2H3. The van der Waals surface area contributed by atoms with Crippen LogP contribution in [0.15, 0.2) is 98.0 Å².